The van der Waals surface area contributed by atoms with Gasteiger partial charge in [0.15, 0.2) is 0 Å². The van der Waals surface area contributed by atoms with Gasteiger partial charge in [-0.3, -0.25) is 9.59 Å². The summed E-state index contributed by atoms with van der Waals surface area (Å²) < 4.78 is 12.7. The zero-order chi connectivity index (χ0) is 13.8. The molecule has 0 heterocycles. The minimum atomic E-state index is -0.969. The molecule has 1 aromatic carbocycles. The number of carbonyl (C=O) groups is 2. The van der Waals surface area contributed by atoms with Gasteiger partial charge in [-0.2, -0.15) is 0 Å². The summed E-state index contributed by atoms with van der Waals surface area (Å²) in [6.45, 7) is 0. The highest BCUT2D eigenvalue weighted by atomic mass is 19.1. The van der Waals surface area contributed by atoms with Gasteiger partial charge in [0.1, 0.15) is 5.82 Å². The van der Waals surface area contributed by atoms with Gasteiger partial charge >= 0.3 is 5.97 Å². The van der Waals surface area contributed by atoms with E-state index in [1.54, 1.807) is 6.08 Å². The number of aliphatic carboxylic acids is 1. The molecular formula is C14H14FNO3. The number of anilines is 1. The Morgan fingerprint density at radius 2 is 1.68 bits per heavy atom. The summed E-state index contributed by atoms with van der Waals surface area (Å²) in [5, 5.41) is 11.7. The van der Waals surface area contributed by atoms with Crippen LogP contribution in [-0.2, 0) is 9.59 Å². The lowest BCUT2D eigenvalue weighted by molar-refractivity contribution is -0.146. The predicted molar refractivity (Wildman–Crippen MR) is 68.0 cm³/mol. The van der Waals surface area contributed by atoms with Crippen LogP contribution < -0.4 is 5.32 Å². The molecule has 1 aromatic rings. The molecule has 0 unspecified atom stereocenters. The number of rotatable bonds is 3. The van der Waals surface area contributed by atoms with Crippen molar-refractivity contribution in [2.24, 2.45) is 11.8 Å². The van der Waals surface area contributed by atoms with Crippen molar-refractivity contribution in [2.45, 2.75) is 12.8 Å². The van der Waals surface area contributed by atoms with Crippen molar-refractivity contribution >= 4 is 17.6 Å². The number of allylic oxidation sites excluding steroid dienone is 2. The van der Waals surface area contributed by atoms with Crippen molar-refractivity contribution in [3.05, 3.63) is 42.2 Å². The molecule has 2 rings (SSSR count). The normalized spacial score (nSPS) is 21.9. The van der Waals surface area contributed by atoms with E-state index in [0.717, 1.165) is 0 Å². The molecule has 2 N–H and O–H groups in total. The predicted octanol–water partition coefficient (Wildman–Crippen LogP) is 2.43. The summed E-state index contributed by atoms with van der Waals surface area (Å²) in [5.41, 5.74) is 0.463. The third kappa shape index (κ3) is 3.19. The maximum Gasteiger partial charge on any atom is 0.307 e. The lowest BCUT2D eigenvalue weighted by Crippen LogP contribution is -2.34. The summed E-state index contributed by atoms with van der Waals surface area (Å²) in [4.78, 5) is 23.2. The van der Waals surface area contributed by atoms with E-state index < -0.39 is 17.8 Å². The molecule has 1 amide bonds. The van der Waals surface area contributed by atoms with E-state index in [-0.39, 0.29) is 11.7 Å². The molecule has 5 heteroatoms. The molecule has 0 aromatic heterocycles. The lowest BCUT2D eigenvalue weighted by atomic mass is 9.82. The summed E-state index contributed by atoms with van der Waals surface area (Å²) >= 11 is 0. The minimum Gasteiger partial charge on any atom is -0.481 e. The molecule has 1 aliphatic carbocycles. The van der Waals surface area contributed by atoms with Gasteiger partial charge in [-0.1, -0.05) is 12.2 Å². The molecule has 0 aliphatic heterocycles. The van der Waals surface area contributed by atoms with Crippen molar-refractivity contribution in [2.75, 3.05) is 5.32 Å². The first-order valence-electron chi connectivity index (χ1n) is 6.02. The molecule has 1 aliphatic rings. The van der Waals surface area contributed by atoms with Crippen molar-refractivity contribution in [1.82, 2.24) is 0 Å². The SMILES string of the molecule is O=C(O)[C@H]1CC=CC[C@@H]1C(=O)Nc1ccc(F)cc1. The average molecular weight is 263 g/mol. The second-order valence-electron chi connectivity index (χ2n) is 4.49. The minimum absolute atomic E-state index is 0.344. The number of hydrogen-bond donors (Lipinski definition) is 2. The fraction of sp³-hybridized carbons (Fsp3) is 0.286. The maximum absolute atomic E-state index is 12.7. The molecule has 0 saturated carbocycles. The topological polar surface area (TPSA) is 66.4 Å². The van der Waals surface area contributed by atoms with Gasteiger partial charge in [-0.25, -0.2) is 4.39 Å². The molecule has 100 valence electrons. The molecule has 0 spiro atoms. The fourth-order valence-electron chi connectivity index (χ4n) is 2.15. The van der Waals surface area contributed by atoms with Crippen LogP contribution in [-0.4, -0.2) is 17.0 Å². The first kappa shape index (κ1) is 13.3. The van der Waals surface area contributed by atoms with Gasteiger partial charge in [0.05, 0.1) is 11.8 Å². The van der Waals surface area contributed by atoms with Gasteiger partial charge < -0.3 is 10.4 Å². The standard InChI is InChI=1S/C14H14FNO3/c15-9-5-7-10(8-6-9)16-13(17)11-3-1-2-4-12(11)14(18)19/h1-2,5-8,11-12H,3-4H2,(H,16,17)(H,18,19)/t11-,12-/m0/s1. The van der Waals surface area contributed by atoms with Crippen LogP contribution in [0.4, 0.5) is 10.1 Å². The van der Waals surface area contributed by atoms with Crippen LogP contribution in [0.5, 0.6) is 0 Å². The Kier molecular flexibility index (Phi) is 3.94. The molecule has 0 bridgehead atoms. The van der Waals surface area contributed by atoms with Gasteiger partial charge in [0.25, 0.3) is 0 Å². The molecule has 0 radical (unpaired) electrons. The zero-order valence-electron chi connectivity index (χ0n) is 10.2. The maximum atomic E-state index is 12.7. The molecule has 0 saturated heterocycles. The van der Waals surface area contributed by atoms with Gasteiger partial charge in [-0.15, -0.1) is 0 Å². The third-order valence-corrected chi connectivity index (χ3v) is 3.20. The van der Waals surface area contributed by atoms with Crippen molar-refractivity contribution in [3.8, 4) is 0 Å². The Bertz CT molecular complexity index is 510. The van der Waals surface area contributed by atoms with E-state index >= 15 is 0 Å². The molecular weight excluding hydrogens is 249 g/mol. The summed E-state index contributed by atoms with van der Waals surface area (Å²) in [6, 6.07) is 5.37. The van der Waals surface area contributed by atoms with E-state index in [4.69, 9.17) is 5.11 Å². The van der Waals surface area contributed by atoms with E-state index in [2.05, 4.69) is 5.32 Å². The Hall–Kier alpha value is -2.17. The second-order valence-corrected chi connectivity index (χ2v) is 4.49. The Labute approximate surface area is 109 Å². The number of amides is 1. The van der Waals surface area contributed by atoms with Crippen LogP contribution in [0.25, 0.3) is 0 Å². The quantitative estimate of drug-likeness (QED) is 0.823. The molecule has 2 atom stereocenters. The number of carboxylic acids is 1. The van der Waals surface area contributed by atoms with Crippen LogP contribution >= 0.6 is 0 Å². The van der Waals surface area contributed by atoms with Crippen LogP contribution in [0, 0.1) is 17.7 Å². The highest BCUT2D eigenvalue weighted by Gasteiger charge is 2.33. The Morgan fingerprint density at radius 3 is 2.26 bits per heavy atom. The Morgan fingerprint density at radius 1 is 1.11 bits per heavy atom. The van der Waals surface area contributed by atoms with Gasteiger partial charge in [-0.05, 0) is 37.1 Å². The summed E-state index contributed by atoms with van der Waals surface area (Å²) in [7, 11) is 0. The van der Waals surface area contributed by atoms with Gasteiger partial charge in [0, 0.05) is 5.69 Å². The number of nitrogens with one attached hydrogen (secondary N) is 1. The lowest BCUT2D eigenvalue weighted by Gasteiger charge is -2.24. The number of carbonyl (C=O) groups excluding carboxylic acids is 1. The van der Waals surface area contributed by atoms with Crippen LogP contribution in [0.3, 0.4) is 0 Å². The van der Waals surface area contributed by atoms with Crippen LogP contribution in [0.2, 0.25) is 0 Å². The number of halogens is 1. The number of hydrogen-bond acceptors (Lipinski definition) is 2. The molecule has 0 fully saturated rings. The smallest absolute Gasteiger partial charge is 0.307 e. The monoisotopic (exact) mass is 263 g/mol. The van der Waals surface area contributed by atoms with E-state index in [0.29, 0.717) is 18.5 Å². The third-order valence-electron chi connectivity index (χ3n) is 3.20. The Balaban J connectivity index is 2.08. The van der Waals surface area contributed by atoms with Crippen LogP contribution in [0.1, 0.15) is 12.8 Å². The van der Waals surface area contributed by atoms with E-state index in [9.17, 15) is 14.0 Å². The van der Waals surface area contributed by atoms with Crippen molar-refractivity contribution in [3.63, 3.8) is 0 Å². The highest BCUT2D eigenvalue weighted by molar-refractivity contribution is 5.95. The van der Waals surface area contributed by atoms with E-state index in [1.165, 1.54) is 24.3 Å². The number of benzene rings is 1. The van der Waals surface area contributed by atoms with E-state index in [1.807, 2.05) is 6.08 Å². The van der Waals surface area contributed by atoms with Crippen molar-refractivity contribution in [1.29, 1.82) is 0 Å². The van der Waals surface area contributed by atoms with Gasteiger partial charge in [0.2, 0.25) is 5.91 Å². The average Bonchev–Trinajstić information content (AvgIpc) is 2.41. The molecule has 4 nitrogen and oxygen atoms in total. The second kappa shape index (κ2) is 5.65. The number of carboxylic acid groups (broad SMARTS) is 1. The zero-order valence-corrected chi connectivity index (χ0v) is 10.2. The first-order valence-corrected chi connectivity index (χ1v) is 6.02. The first-order chi connectivity index (χ1) is 9.08. The summed E-state index contributed by atoms with van der Waals surface area (Å²) in [5.74, 6) is -2.99. The molecule has 19 heavy (non-hydrogen) atoms. The highest BCUT2D eigenvalue weighted by Crippen LogP contribution is 2.27. The van der Waals surface area contributed by atoms with Crippen molar-refractivity contribution < 1.29 is 19.1 Å². The fourth-order valence-corrected chi connectivity index (χ4v) is 2.15. The van der Waals surface area contributed by atoms with Crippen LogP contribution in [0.15, 0.2) is 36.4 Å². The summed E-state index contributed by atoms with van der Waals surface area (Å²) in [6.07, 6.45) is 4.36. The largest absolute Gasteiger partial charge is 0.481 e.